The van der Waals surface area contributed by atoms with E-state index in [1.165, 1.54) is 17.8 Å². The summed E-state index contributed by atoms with van der Waals surface area (Å²) in [4.78, 5) is 24.3. The monoisotopic (exact) mass is 577 g/mol. The van der Waals surface area contributed by atoms with Gasteiger partial charge in [0.2, 0.25) is 0 Å². The molecule has 1 aromatic carbocycles. The molecule has 0 aliphatic heterocycles. The molecule has 4 heterocycles. The number of hydrogen-bond acceptors (Lipinski definition) is 8. The van der Waals surface area contributed by atoms with Crippen LogP contribution in [0.25, 0.3) is 28.2 Å². The lowest BCUT2D eigenvalue weighted by molar-refractivity contribution is -0.137. The summed E-state index contributed by atoms with van der Waals surface area (Å²) in [5.74, 6) is 0.176. The Kier molecular flexibility index (Phi) is 7.91. The van der Waals surface area contributed by atoms with E-state index in [1.54, 1.807) is 61.8 Å². The third-order valence-electron chi connectivity index (χ3n) is 6.42. The molecule has 0 fully saturated rings. The first-order valence-electron chi connectivity index (χ1n) is 12.8. The van der Waals surface area contributed by atoms with E-state index in [2.05, 4.69) is 25.4 Å². The highest BCUT2D eigenvalue weighted by molar-refractivity contribution is 5.93. The van der Waals surface area contributed by atoms with Gasteiger partial charge in [-0.1, -0.05) is 0 Å². The van der Waals surface area contributed by atoms with Crippen molar-refractivity contribution in [3.63, 3.8) is 0 Å². The molecule has 0 saturated carbocycles. The number of benzene rings is 1. The van der Waals surface area contributed by atoms with Gasteiger partial charge < -0.3 is 20.5 Å². The third kappa shape index (κ3) is 5.94. The van der Waals surface area contributed by atoms with Crippen LogP contribution in [0, 0.1) is 6.92 Å². The highest BCUT2D eigenvalue weighted by atomic mass is 19.4. The molecule has 10 nitrogen and oxygen atoms in total. The number of fused-ring (bicyclic) bond motifs is 1. The van der Waals surface area contributed by atoms with E-state index in [4.69, 9.17) is 15.2 Å². The molecule has 42 heavy (non-hydrogen) atoms. The van der Waals surface area contributed by atoms with Gasteiger partial charge in [-0.2, -0.15) is 18.3 Å². The number of halogens is 3. The van der Waals surface area contributed by atoms with Crippen molar-refractivity contribution in [1.29, 1.82) is 0 Å². The van der Waals surface area contributed by atoms with E-state index in [9.17, 15) is 18.0 Å². The maximum absolute atomic E-state index is 13.5. The molecule has 0 aliphatic carbocycles. The molecule has 5 rings (SSSR count). The number of nitrogens with two attached hydrogens (primary N) is 1. The van der Waals surface area contributed by atoms with Crippen LogP contribution in [0.5, 0.6) is 11.5 Å². The van der Waals surface area contributed by atoms with Crippen molar-refractivity contribution in [2.45, 2.75) is 19.5 Å². The maximum Gasteiger partial charge on any atom is 0.419 e. The molecule has 5 aromatic rings. The number of aromatic nitrogens is 5. The fourth-order valence-electron chi connectivity index (χ4n) is 4.37. The zero-order valence-corrected chi connectivity index (χ0v) is 22.6. The Labute approximate surface area is 238 Å². The van der Waals surface area contributed by atoms with Crippen molar-refractivity contribution in [2.24, 2.45) is 0 Å². The lowest BCUT2D eigenvalue weighted by atomic mass is 10.1. The number of carbonyl (C=O) groups excluding carboxylic acids is 1. The molecule has 0 unspecified atom stereocenters. The number of hydrogen-bond donors (Lipinski definition) is 2. The Balaban J connectivity index is 1.37. The van der Waals surface area contributed by atoms with E-state index in [0.717, 1.165) is 6.07 Å². The average molecular weight is 578 g/mol. The highest BCUT2D eigenvalue weighted by Crippen LogP contribution is 2.36. The summed E-state index contributed by atoms with van der Waals surface area (Å²) in [6.07, 6.45) is 0.260. The fraction of sp³-hybridized carbons (Fsp3) is 0.207. The van der Waals surface area contributed by atoms with Crippen LogP contribution >= 0.6 is 0 Å². The third-order valence-corrected chi connectivity index (χ3v) is 6.42. The molecular formula is C29H26F3N7O3. The van der Waals surface area contributed by atoms with Crippen LogP contribution in [0.2, 0.25) is 0 Å². The van der Waals surface area contributed by atoms with Gasteiger partial charge in [0, 0.05) is 41.8 Å². The van der Waals surface area contributed by atoms with Crippen molar-refractivity contribution >= 4 is 17.4 Å². The van der Waals surface area contributed by atoms with E-state index in [-0.39, 0.29) is 11.5 Å². The number of nitrogens with one attached hydrogen (secondary N) is 1. The normalized spacial score (nSPS) is 11.5. The van der Waals surface area contributed by atoms with Gasteiger partial charge in [-0.15, -0.1) is 0 Å². The van der Waals surface area contributed by atoms with E-state index in [1.807, 2.05) is 0 Å². The van der Waals surface area contributed by atoms with Crippen LogP contribution in [-0.4, -0.2) is 50.7 Å². The van der Waals surface area contributed by atoms with E-state index < -0.39 is 17.6 Å². The van der Waals surface area contributed by atoms with Crippen LogP contribution < -0.4 is 20.5 Å². The smallest absolute Gasteiger partial charge is 0.419 e. The number of rotatable bonds is 9. The van der Waals surface area contributed by atoms with Gasteiger partial charge in [0.25, 0.3) is 5.91 Å². The summed E-state index contributed by atoms with van der Waals surface area (Å²) < 4.78 is 53.4. The van der Waals surface area contributed by atoms with Crippen LogP contribution in [0.4, 0.5) is 19.0 Å². The summed E-state index contributed by atoms with van der Waals surface area (Å²) in [5, 5.41) is 7.51. The van der Waals surface area contributed by atoms with Crippen LogP contribution in [0.15, 0.2) is 67.1 Å². The van der Waals surface area contributed by atoms with Crippen LogP contribution in [-0.2, 0) is 6.18 Å². The van der Waals surface area contributed by atoms with E-state index >= 15 is 0 Å². The summed E-state index contributed by atoms with van der Waals surface area (Å²) in [6.45, 7) is 2.39. The van der Waals surface area contributed by atoms with E-state index in [0.29, 0.717) is 64.9 Å². The standard InChI is InChI=1S/C29H26F3N7O3/c1-17-26(20-14-21(29(30,31)32)27(33)36-16-20)39-25(37-17)7-5-22(38-39)19-4-6-23(41-2)24(15-19)42-13-3-10-35-28(40)18-8-11-34-12-9-18/h4-9,11-12,14-16H,3,10,13H2,1-2H3,(H2,33,36)(H,35,40). The van der Waals surface area contributed by atoms with Crippen LogP contribution in [0.3, 0.4) is 0 Å². The number of aryl methyl sites for hydroxylation is 1. The number of nitrogen functional groups attached to an aromatic ring is 1. The second-order valence-corrected chi connectivity index (χ2v) is 9.25. The zero-order chi connectivity index (χ0) is 29.9. The molecule has 0 spiro atoms. The summed E-state index contributed by atoms with van der Waals surface area (Å²) in [7, 11) is 1.53. The largest absolute Gasteiger partial charge is 0.493 e. The first-order valence-corrected chi connectivity index (χ1v) is 12.8. The molecule has 3 N–H and O–H groups in total. The highest BCUT2D eigenvalue weighted by Gasteiger charge is 2.34. The molecule has 0 bridgehead atoms. The number of pyridine rings is 2. The van der Waals surface area contributed by atoms with Gasteiger partial charge in [0.1, 0.15) is 5.82 Å². The lowest BCUT2D eigenvalue weighted by Crippen LogP contribution is -2.25. The molecular weight excluding hydrogens is 551 g/mol. The first-order chi connectivity index (χ1) is 20.2. The average Bonchev–Trinajstić information content (AvgIpc) is 3.31. The van der Waals surface area contributed by atoms with Crippen molar-refractivity contribution in [3.8, 4) is 34.0 Å². The zero-order valence-electron chi connectivity index (χ0n) is 22.6. The fourth-order valence-corrected chi connectivity index (χ4v) is 4.37. The number of nitrogens with zero attached hydrogens (tertiary/aromatic N) is 5. The number of ether oxygens (including phenoxy) is 2. The summed E-state index contributed by atoms with van der Waals surface area (Å²) >= 11 is 0. The van der Waals surface area contributed by atoms with Crippen molar-refractivity contribution in [1.82, 2.24) is 29.9 Å². The number of imidazole rings is 1. The predicted octanol–water partition coefficient (Wildman–Crippen LogP) is 4.97. The molecule has 0 aliphatic rings. The number of carbonyl (C=O) groups is 1. The van der Waals surface area contributed by atoms with Crippen molar-refractivity contribution < 1.29 is 27.4 Å². The molecule has 0 saturated heterocycles. The molecule has 13 heteroatoms. The summed E-state index contributed by atoms with van der Waals surface area (Å²) in [6, 6.07) is 13.0. The second kappa shape index (κ2) is 11.7. The Bertz CT molecular complexity index is 1740. The SMILES string of the molecule is COc1ccc(-c2ccc3nc(C)c(-c4cnc(N)c(C(F)(F)F)c4)n3n2)cc1OCCCNC(=O)c1ccncc1. The molecule has 1 amide bonds. The number of methoxy groups -OCH3 is 1. The van der Waals surface area contributed by atoms with Gasteiger partial charge in [-0.25, -0.2) is 14.5 Å². The topological polar surface area (TPSA) is 130 Å². The molecule has 0 atom stereocenters. The Morgan fingerprint density at radius 2 is 1.83 bits per heavy atom. The van der Waals surface area contributed by atoms with Gasteiger partial charge in [0.15, 0.2) is 17.1 Å². The van der Waals surface area contributed by atoms with Gasteiger partial charge in [-0.3, -0.25) is 9.78 Å². The summed E-state index contributed by atoms with van der Waals surface area (Å²) in [5.41, 5.74) is 7.68. The Hall–Kier alpha value is -5.20. The van der Waals surface area contributed by atoms with Crippen molar-refractivity contribution in [3.05, 3.63) is 83.9 Å². The van der Waals surface area contributed by atoms with Gasteiger partial charge >= 0.3 is 6.18 Å². The second-order valence-electron chi connectivity index (χ2n) is 9.25. The number of alkyl halides is 3. The maximum atomic E-state index is 13.5. The van der Waals surface area contributed by atoms with Crippen LogP contribution in [0.1, 0.15) is 28.0 Å². The van der Waals surface area contributed by atoms with Gasteiger partial charge in [-0.05, 0) is 61.9 Å². The Morgan fingerprint density at radius 3 is 2.57 bits per heavy atom. The predicted molar refractivity (Wildman–Crippen MR) is 149 cm³/mol. The lowest BCUT2D eigenvalue weighted by Gasteiger charge is -2.13. The minimum atomic E-state index is -4.66. The number of amides is 1. The number of anilines is 1. The van der Waals surface area contributed by atoms with Crippen molar-refractivity contribution in [2.75, 3.05) is 26.0 Å². The minimum absolute atomic E-state index is 0.181. The Morgan fingerprint density at radius 1 is 1.05 bits per heavy atom. The molecule has 0 radical (unpaired) electrons. The quantitative estimate of drug-likeness (QED) is 0.235. The molecule has 4 aromatic heterocycles. The molecule has 216 valence electrons. The van der Waals surface area contributed by atoms with Gasteiger partial charge in [0.05, 0.1) is 36.4 Å². The minimum Gasteiger partial charge on any atom is -0.493 e. The first kappa shape index (κ1) is 28.3.